The summed E-state index contributed by atoms with van der Waals surface area (Å²) < 4.78 is 0. The van der Waals surface area contributed by atoms with Crippen LogP contribution < -0.4 is 0 Å². The molecule has 0 N–H and O–H groups in total. The lowest BCUT2D eigenvalue weighted by atomic mass is 9.87. The van der Waals surface area contributed by atoms with Gasteiger partial charge in [0.1, 0.15) is 0 Å². The van der Waals surface area contributed by atoms with Crippen molar-refractivity contribution in [3.8, 4) is 67.4 Å². The average Bonchev–Trinajstić information content (AvgIpc) is 3.44. The largest absolute Gasteiger partial charge is 0.248 e. The molecule has 3 heterocycles. The normalized spacial score (nSPS) is 11.7. The third kappa shape index (κ3) is 6.69. The molecule has 14 rings (SSSR count). The van der Waals surface area contributed by atoms with Gasteiger partial charge in [-0.3, -0.25) is 0 Å². The molecule has 14 aromatic rings. The molecule has 324 valence electrons. The molecule has 0 saturated heterocycles. The van der Waals surface area contributed by atoms with Gasteiger partial charge in [0.2, 0.25) is 0 Å². The van der Waals surface area contributed by atoms with Gasteiger partial charge in [0, 0.05) is 44.0 Å². The number of hydrogen-bond acceptors (Lipinski definition) is 4. The molecule has 0 amide bonds. The molecular formula is C66H40N4. The third-order valence-electron chi connectivity index (χ3n) is 14.0. The fourth-order valence-electron chi connectivity index (χ4n) is 10.6. The van der Waals surface area contributed by atoms with Crippen molar-refractivity contribution >= 4 is 75.8 Å². The summed E-state index contributed by atoms with van der Waals surface area (Å²) in [5.41, 5.74) is 13.9. The lowest BCUT2D eigenvalue weighted by molar-refractivity contribution is 1.23. The van der Waals surface area contributed by atoms with Crippen molar-refractivity contribution in [2.24, 2.45) is 0 Å². The lowest BCUT2D eigenvalue weighted by Gasteiger charge is -2.18. The van der Waals surface area contributed by atoms with E-state index in [1.807, 2.05) is 18.2 Å². The van der Waals surface area contributed by atoms with Gasteiger partial charge < -0.3 is 0 Å². The number of fused-ring (bicyclic) bond motifs is 9. The number of nitrogens with zero attached hydrogens (tertiary/aromatic N) is 4. The van der Waals surface area contributed by atoms with Crippen molar-refractivity contribution in [2.45, 2.75) is 0 Å². The smallest absolute Gasteiger partial charge is 0.160 e. The van der Waals surface area contributed by atoms with E-state index in [9.17, 15) is 0 Å². The highest BCUT2D eigenvalue weighted by Gasteiger charge is 2.21. The van der Waals surface area contributed by atoms with Gasteiger partial charge in [0.25, 0.3) is 0 Å². The summed E-state index contributed by atoms with van der Waals surface area (Å²) in [7, 11) is 0. The molecule has 0 spiro atoms. The van der Waals surface area contributed by atoms with E-state index in [1.54, 1.807) is 0 Å². The second-order valence-electron chi connectivity index (χ2n) is 18.1. The molecule has 0 atom stereocenters. The number of benzene rings is 11. The Balaban J connectivity index is 1.04. The monoisotopic (exact) mass is 888 g/mol. The van der Waals surface area contributed by atoms with Gasteiger partial charge in [0.05, 0.1) is 33.6 Å². The molecule has 0 aliphatic carbocycles. The highest BCUT2D eigenvalue weighted by atomic mass is 14.9. The minimum Gasteiger partial charge on any atom is -0.248 e. The Morgan fingerprint density at radius 3 is 1.24 bits per heavy atom. The van der Waals surface area contributed by atoms with E-state index < -0.39 is 0 Å². The molecular weight excluding hydrogens is 849 g/mol. The van der Waals surface area contributed by atoms with Gasteiger partial charge in [0.15, 0.2) is 5.82 Å². The lowest BCUT2D eigenvalue weighted by Crippen LogP contribution is -1.99. The van der Waals surface area contributed by atoms with Crippen molar-refractivity contribution < 1.29 is 0 Å². The molecule has 0 unspecified atom stereocenters. The number of pyridine rings is 2. The summed E-state index contributed by atoms with van der Waals surface area (Å²) in [6.07, 6.45) is 0. The predicted octanol–water partition coefficient (Wildman–Crippen LogP) is 17.3. The molecule has 4 nitrogen and oxygen atoms in total. The average molecular weight is 889 g/mol. The molecule has 0 saturated carbocycles. The second kappa shape index (κ2) is 16.2. The van der Waals surface area contributed by atoms with Gasteiger partial charge in [-0.05, 0) is 108 Å². The van der Waals surface area contributed by atoms with Crippen LogP contribution in [0.4, 0.5) is 0 Å². The Kier molecular flexibility index (Phi) is 9.17. The Morgan fingerprint density at radius 1 is 0.229 bits per heavy atom. The van der Waals surface area contributed by atoms with Gasteiger partial charge >= 0.3 is 0 Å². The van der Waals surface area contributed by atoms with Crippen LogP contribution in [0.3, 0.4) is 0 Å². The summed E-state index contributed by atoms with van der Waals surface area (Å²) in [5, 5.41) is 12.8. The summed E-state index contributed by atoms with van der Waals surface area (Å²) in [6, 6.07) is 86.6. The summed E-state index contributed by atoms with van der Waals surface area (Å²) >= 11 is 0. The minimum atomic E-state index is 0.649. The SMILES string of the molecule is c1ccc2nc(-c3ccc(-c4nc(-c5ccc(-c6ccc7ccccc7n6)cc5)c5cc(-c6cc7ccccc7c7ccccc67)cc(-c6cc7ccccc7c7ccccc67)c5n4)cc3)ccc2c1. The molecule has 3 aromatic heterocycles. The molecule has 0 bridgehead atoms. The fourth-order valence-corrected chi connectivity index (χ4v) is 10.6. The molecule has 70 heavy (non-hydrogen) atoms. The first-order valence-electron chi connectivity index (χ1n) is 23.8. The zero-order valence-corrected chi connectivity index (χ0v) is 37.9. The second-order valence-corrected chi connectivity index (χ2v) is 18.1. The number of hydrogen-bond donors (Lipinski definition) is 0. The number of para-hydroxylation sites is 2. The predicted molar refractivity (Wildman–Crippen MR) is 293 cm³/mol. The van der Waals surface area contributed by atoms with Gasteiger partial charge in [-0.15, -0.1) is 0 Å². The maximum Gasteiger partial charge on any atom is 0.160 e. The maximum absolute atomic E-state index is 5.64. The zero-order valence-electron chi connectivity index (χ0n) is 37.9. The van der Waals surface area contributed by atoms with Crippen LogP contribution in [0.2, 0.25) is 0 Å². The quantitative estimate of drug-likeness (QED) is 0.156. The number of rotatable bonds is 6. The number of aromatic nitrogens is 4. The van der Waals surface area contributed by atoms with E-state index in [4.69, 9.17) is 19.9 Å². The fraction of sp³-hybridized carbons (Fsp3) is 0. The Labute approximate surface area is 403 Å². The Morgan fingerprint density at radius 2 is 0.671 bits per heavy atom. The molecule has 0 aliphatic heterocycles. The van der Waals surface area contributed by atoms with E-state index in [1.165, 1.54) is 43.1 Å². The minimum absolute atomic E-state index is 0.649. The Bertz CT molecular complexity index is 4400. The summed E-state index contributed by atoms with van der Waals surface area (Å²) in [6.45, 7) is 0. The molecule has 4 heteroatoms. The molecule has 0 fully saturated rings. The van der Waals surface area contributed by atoms with Crippen LogP contribution in [0.15, 0.2) is 243 Å². The van der Waals surface area contributed by atoms with E-state index >= 15 is 0 Å². The summed E-state index contributed by atoms with van der Waals surface area (Å²) in [5.74, 6) is 0.649. The third-order valence-corrected chi connectivity index (χ3v) is 14.0. The van der Waals surface area contributed by atoms with Crippen molar-refractivity contribution in [3.05, 3.63) is 243 Å². The molecule has 11 aromatic carbocycles. The first-order chi connectivity index (χ1) is 34.7. The van der Waals surface area contributed by atoms with Crippen LogP contribution >= 0.6 is 0 Å². The van der Waals surface area contributed by atoms with Gasteiger partial charge in [-0.25, -0.2) is 19.9 Å². The van der Waals surface area contributed by atoms with Crippen molar-refractivity contribution in [1.29, 1.82) is 0 Å². The van der Waals surface area contributed by atoms with E-state index in [2.05, 4.69) is 224 Å². The van der Waals surface area contributed by atoms with Crippen molar-refractivity contribution in [3.63, 3.8) is 0 Å². The first kappa shape index (κ1) is 39.8. The van der Waals surface area contributed by atoms with E-state index in [-0.39, 0.29) is 0 Å². The standard InChI is InChI=1S/C66H40N4/c1-5-17-50-47(15-1)37-56(54-21-9-7-19-52(50)54)49-39-58(57-38-48-16-2-6-18-51(48)53-20-8-10-22-55(53)57)65-59(40-49)64(45-29-25-43(26-30-45)62-35-33-41-13-3-11-23-60(41)67-62)69-66(70-65)46-31-27-44(28-32-46)63-36-34-42-14-4-12-24-61(42)68-63/h1-40H. The molecule has 0 radical (unpaired) electrons. The van der Waals surface area contributed by atoms with E-state index in [0.717, 1.165) is 94.3 Å². The van der Waals surface area contributed by atoms with Gasteiger partial charge in [-0.1, -0.05) is 194 Å². The van der Waals surface area contributed by atoms with Crippen LogP contribution in [0, 0.1) is 0 Å². The Hall–Kier alpha value is -9.38. The zero-order chi connectivity index (χ0) is 46.1. The molecule has 0 aliphatic rings. The highest BCUT2D eigenvalue weighted by Crippen LogP contribution is 2.45. The van der Waals surface area contributed by atoms with Crippen LogP contribution in [0.1, 0.15) is 0 Å². The van der Waals surface area contributed by atoms with Crippen LogP contribution in [0.25, 0.3) is 143 Å². The van der Waals surface area contributed by atoms with E-state index in [0.29, 0.717) is 5.82 Å². The van der Waals surface area contributed by atoms with Crippen LogP contribution in [-0.4, -0.2) is 19.9 Å². The van der Waals surface area contributed by atoms with Gasteiger partial charge in [-0.2, -0.15) is 0 Å². The first-order valence-corrected chi connectivity index (χ1v) is 23.8. The van der Waals surface area contributed by atoms with Crippen LogP contribution in [-0.2, 0) is 0 Å². The topological polar surface area (TPSA) is 51.6 Å². The summed E-state index contributed by atoms with van der Waals surface area (Å²) in [4.78, 5) is 21.3. The van der Waals surface area contributed by atoms with Crippen molar-refractivity contribution in [2.75, 3.05) is 0 Å². The highest BCUT2D eigenvalue weighted by molar-refractivity contribution is 6.19. The van der Waals surface area contributed by atoms with Crippen LogP contribution in [0.5, 0.6) is 0 Å². The van der Waals surface area contributed by atoms with Crippen molar-refractivity contribution in [1.82, 2.24) is 19.9 Å². The maximum atomic E-state index is 5.64.